The first-order chi connectivity index (χ1) is 10.2. The lowest BCUT2D eigenvalue weighted by Gasteiger charge is -2.27. The van der Waals surface area contributed by atoms with Crippen molar-refractivity contribution in [1.29, 1.82) is 0 Å². The first-order valence-corrected chi connectivity index (χ1v) is 8.58. The minimum absolute atomic E-state index is 0.438. The van der Waals surface area contributed by atoms with Gasteiger partial charge in [-0.3, -0.25) is 0 Å². The molecule has 2 aromatic rings. The highest BCUT2D eigenvalue weighted by Crippen LogP contribution is 2.24. The lowest BCUT2D eigenvalue weighted by Crippen LogP contribution is -2.32. The van der Waals surface area contributed by atoms with Gasteiger partial charge in [0, 0.05) is 17.5 Å². The third kappa shape index (κ3) is 4.67. The van der Waals surface area contributed by atoms with Gasteiger partial charge in [-0.15, -0.1) is 11.3 Å². The summed E-state index contributed by atoms with van der Waals surface area (Å²) in [5.74, 6) is 0. The zero-order valence-electron chi connectivity index (χ0n) is 13.3. The van der Waals surface area contributed by atoms with Crippen molar-refractivity contribution in [3.63, 3.8) is 0 Å². The Morgan fingerprint density at radius 3 is 2.43 bits per heavy atom. The third-order valence-electron chi connectivity index (χ3n) is 3.83. The lowest BCUT2D eigenvalue weighted by molar-refractivity contribution is 0.281. The monoisotopic (exact) mass is 302 g/mol. The maximum atomic E-state index is 3.77. The van der Waals surface area contributed by atoms with Crippen molar-refractivity contribution in [3.05, 3.63) is 58.3 Å². The standard InChI is InChI=1S/C18H26N2S/c1-4-9-16(15-10-6-5-7-11-15)19-14-17(20(2)3)18-12-8-13-21-18/h5-8,10-13,16-17,19H,4,9,14H2,1-3H3. The van der Waals surface area contributed by atoms with Crippen molar-refractivity contribution < 1.29 is 0 Å². The van der Waals surface area contributed by atoms with E-state index in [2.05, 4.69) is 79.1 Å². The third-order valence-corrected chi connectivity index (χ3v) is 4.81. The first-order valence-electron chi connectivity index (χ1n) is 7.70. The Labute approximate surface area is 132 Å². The Hall–Kier alpha value is -1.16. The molecule has 21 heavy (non-hydrogen) atoms. The Balaban J connectivity index is 2.03. The van der Waals surface area contributed by atoms with Crippen LogP contribution >= 0.6 is 11.3 Å². The maximum absolute atomic E-state index is 3.77. The Kier molecular flexibility index (Phi) is 6.43. The van der Waals surface area contributed by atoms with Gasteiger partial charge in [0.15, 0.2) is 0 Å². The molecule has 0 aliphatic carbocycles. The smallest absolute Gasteiger partial charge is 0.0561 e. The van der Waals surface area contributed by atoms with Crippen molar-refractivity contribution in [2.75, 3.05) is 20.6 Å². The summed E-state index contributed by atoms with van der Waals surface area (Å²) in [5.41, 5.74) is 1.39. The van der Waals surface area contributed by atoms with Crippen molar-refractivity contribution in [3.8, 4) is 0 Å². The zero-order chi connectivity index (χ0) is 15.1. The van der Waals surface area contributed by atoms with Gasteiger partial charge in [0.25, 0.3) is 0 Å². The normalized spacial score (nSPS) is 14.3. The fourth-order valence-corrected chi connectivity index (χ4v) is 3.56. The van der Waals surface area contributed by atoms with Gasteiger partial charge in [-0.1, -0.05) is 49.7 Å². The van der Waals surface area contributed by atoms with Crippen molar-refractivity contribution >= 4 is 11.3 Å². The molecule has 2 atom stereocenters. The first kappa shape index (κ1) is 16.2. The molecular weight excluding hydrogens is 276 g/mol. The summed E-state index contributed by atoms with van der Waals surface area (Å²) in [7, 11) is 4.31. The number of hydrogen-bond acceptors (Lipinski definition) is 3. The molecule has 0 aliphatic heterocycles. The molecule has 2 rings (SSSR count). The summed E-state index contributed by atoms with van der Waals surface area (Å²) in [6.45, 7) is 3.23. The molecule has 0 fully saturated rings. The van der Waals surface area contributed by atoms with Crippen LogP contribution in [0.2, 0.25) is 0 Å². The fourth-order valence-electron chi connectivity index (χ4n) is 2.63. The zero-order valence-corrected chi connectivity index (χ0v) is 14.1. The summed E-state index contributed by atoms with van der Waals surface area (Å²) >= 11 is 1.84. The summed E-state index contributed by atoms with van der Waals surface area (Å²) < 4.78 is 0. The number of nitrogens with zero attached hydrogens (tertiary/aromatic N) is 1. The van der Waals surface area contributed by atoms with Crippen molar-refractivity contribution in [2.24, 2.45) is 0 Å². The number of thiophene rings is 1. The topological polar surface area (TPSA) is 15.3 Å². The van der Waals surface area contributed by atoms with Crippen LogP contribution in [0.5, 0.6) is 0 Å². The number of benzene rings is 1. The molecule has 0 bridgehead atoms. The summed E-state index contributed by atoms with van der Waals surface area (Å²) in [6.07, 6.45) is 2.37. The molecule has 2 unspecified atom stereocenters. The predicted octanol–water partition coefficient (Wildman–Crippen LogP) is 4.48. The molecule has 1 aromatic carbocycles. The minimum Gasteiger partial charge on any atom is -0.308 e. The number of likely N-dealkylation sites (N-methyl/N-ethyl adjacent to an activating group) is 1. The predicted molar refractivity (Wildman–Crippen MR) is 92.8 cm³/mol. The average molecular weight is 302 g/mol. The highest BCUT2D eigenvalue weighted by molar-refractivity contribution is 7.10. The van der Waals surface area contributed by atoms with Crippen molar-refractivity contribution in [1.82, 2.24) is 10.2 Å². The molecule has 114 valence electrons. The molecule has 1 heterocycles. The molecule has 0 amide bonds. The van der Waals surface area contributed by atoms with E-state index in [0.29, 0.717) is 12.1 Å². The van der Waals surface area contributed by atoms with Gasteiger partial charge in [-0.05, 0) is 37.5 Å². The van der Waals surface area contributed by atoms with Crippen LogP contribution in [0.3, 0.4) is 0 Å². The van der Waals surface area contributed by atoms with E-state index in [1.165, 1.54) is 23.3 Å². The van der Waals surface area contributed by atoms with Gasteiger partial charge < -0.3 is 10.2 Å². The van der Waals surface area contributed by atoms with Crippen molar-refractivity contribution in [2.45, 2.75) is 31.8 Å². The van der Waals surface area contributed by atoms with Crippen LogP contribution in [-0.2, 0) is 0 Å². The van der Waals surface area contributed by atoms with Gasteiger partial charge in [-0.2, -0.15) is 0 Å². The number of rotatable bonds is 8. The maximum Gasteiger partial charge on any atom is 0.0561 e. The van der Waals surface area contributed by atoms with E-state index >= 15 is 0 Å². The fraction of sp³-hybridized carbons (Fsp3) is 0.444. The molecule has 0 radical (unpaired) electrons. The Morgan fingerprint density at radius 1 is 1.10 bits per heavy atom. The summed E-state index contributed by atoms with van der Waals surface area (Å²) in [6, 6.07) is 16.0. The number of hydrogen-bond donors (Lipinski definition) is 1. The highest BCUT2D eigenvalue weighted by atomic mass is 32.1. The Morgan fingerprint density at radius 2 is 1.86 bits per heavy atom. The quantitative estimate of drug-likeness (QED) is 0.773. The molecule has 1 N–H and O–H groups in total. The Bertz CT molecular complexity index is 493. The van der Waals surface area contributed by atoms with Gasteiger partial charge in [0.05, 0.1) is 6.04 Å². The van der Waals surface area contributed by atoms with E-state index in [1.54, 1.807) is 0 Å². The molecule has 3 heteroatoms. The van der Waals surface area contributed by atoms with Gasteiger partial charge in [0.2, 0.25) is 0 Å². The molecule has 0 spiro atoms. The largest absolute Gasteiger partial charge is 0.308 e. The number of nitrogens with one attached hydrogen (secondary N) is 1. The van der Waals surface area contributed by atoms with Gasteiger partial charge >= 0.3 is 0 Å². The van der Waals surface area contributed by atoms with Crippen LogP contribution in [-0.4, -0.2) is 25.5 Å². The molecular formula is C18H26N2S. The van der Waals surface area contributed by atoms with Crippen LogP contribution in [0.4, 0.5) is 0 Å². The van der Waals surface area contributed by atoms with Gasteiger partial charge in [0.1, 0.15) is 0 Å². The molecule has 0 saturated carbocycles. The summed E-state index contributed by atoms with van der Waals surface area (Å²) in [4.78, 5) is 3.73. The van der Waals surface area contributed by atoms with E-state index in [9.17, 15) is 0 Å². The van der Waals surface area contributed by atoms with E-state index in [-0.39, 0.29) is 0 Å². The highest BCUT2D eigenvalue weighted by Gasteiger charge is 2.17. The van der Waals surface area contributed by atoms with E-state index in [4.69, 9.17) is 0 Å². The van der Waals surface area contributed by atoms with Crippen LogP contribution in [0.25, 0.3) is 0 Å². The van der Waals surface area contributed by atoms with Gasteiger partial charge in [-0.25, -0.2) is 0 Å². The van der Waals surface area contributed by atoms with Crippen LogP contribution in [0, 0.1) is 0 Å². The van der Waals surface area contributed by atoms with E-state index in [0.717, 1.165) is 6.54 Å². The molecule has 0 aliphatic rings. The second-order valence-corrected chi connectivity index (χ2v) is 6.63. The average Bonchev–Trinajstić information content (AvgIpc) is 3.01. The van der Waals surface area contributed by atoms with E-state index < -0.39 is 0 Å². The second-order valence-electron chi connectivity index (χ2n) is 5.66. The molecule has 1 aromatic heterocycles. The SMILES string of the molecule is CCCC(NCC(c1cccs1)N(C)C)c1ccccc1. The molecule has 2 nitrogen and oxygen atoms in total. The minimum atomic E-state index is 0.438. The van der Waals surface area contributed by atoms with E-state index in [1.807, 2.05) is 11.3 Å². The second kappa shape index (κ2) is 8.32. The van der Waals surface area contributed by atoms with Crippen LogP contribution in [0.1, 0.15) is 42.3 Å². The van der Waals surface area contributed by atoms with Crippen LogP contribution < -0.4 is 5.32 Å². The lowest BCUT2D eigenvalue weighted by atomic mass is 10.0. The molecule has 0 saturated heterocycles. The summed E-state index contributed by atoms with van der Waals surface area (Å²) in [5, 5.41) is 5.93. The van der Waals surface area contributed by atoms with Crippen LogP contribution in [0.15, 0.2) is 47.8 Å².